The van der Waals surface area contributed by atoms with Crippen LogP contribution in [0.4, 0.5) is 4.39 Å². The lowest BCUT2D eigenvalue weighted by atomic mass is 9.88. The maximum atomic E-state index is 14.4. The van der Waals surface area contributed by atoms with Crippen LogP contribution in [0.15, 0.2) is 18.3 Å². The first kappa shape index (κ1) is 9.59. The van der Waals surface area contributed by atoms with Gasteiger partial charge < -0.3 is 5.32 Å². The summed E-state index contributed by atoms with van der Waals surface area (Å²) in [5.74, 6) is 0. The third kappa shape index (κ3) is 1.77. The van der Waals surface area contributed by atoms with Crippen LogP contribution in [0.5, 0.6) is 0 Å². The smallest absolute Gasteiger partial charge is 0.139 e. The minimum Gasteiger partial charge on any atom is -0.316 e. The number of hydrogen-bond acceptors (Lipinski definition) is 2. The highest BCUT2D eigenvalue weighted by atomic mass is 19.1. The lowest BCUT2D eigenvalue weighted by Gasteiger charge is -2.30. The van der Waals surface area contributed by atoms with Crippen molar-refractivity contribution in [1.82, 2.24) is 10.3 Å². The molecule has 0 saturated carbocycles. The van der Waals surface area contributed by atoms with Gasteiger partial charge in [0.15, 0.2) is 0 Å². The van der Waals surface area contributed by atoms with Crippen LogP contribution in [-0.2, 0) is 5.67 Å². The molecule has 0 radical (unpaired) electrons. The summed E-state index contributed by atoms with van der Waals surface area (Å²) < 4.78 is 14.4. The second kappa shape index (κ2) is 3.65. The van der Waals surface area contributed by atoms with Gasteiger partial charge in [-0.05, 0) is 38.9 Å². The first-order valence-corrected chi connectivity index (χ1v) is 5.03. The Morgan fingerprint density at radius 2 is 2.07 bits per heavy atom. The fourth-order valence-electron chi connectivity index (χ4n) is 1.84. The van der Waals surface area contributed by atoms with Crippen LogP contribution in [0.25, 0.3) is 0 Å². The van der Waals surface area contributed by atoms with E-state index in [1.807, 2.05) is 19.1 Å². The summed E-state index contributed by atoms with van der Waals surface area (Å²) >= 11 is 0. The van der Waals surface area contributed by atoms with E-state index in [0.717, 1.165) is 24.3 Å². The first-order chi connectivity index (χ1) is 6.71. The minimum atomic E-state index is -1.16. The van der Waals surface area contributed by atoms with Crippen molar-refractivity contribution in [2.75, 3.05) is 13.1 Å². The van der Waals surface area contributed by atoms with E-state index in [-0.39, 0.29) is 0 Å². The average molecular weight is 194 g/mol. The Balaban J connectivity index is 2.23. The van der Waals surface area contributed by atoms with Crippen LogP contribution < -0.4 is 5.32 Å². The van der Waals surface area contributed by atoms with E-state index >= 15 is 0 Å². The molecular weight excluding hydrogens is 179 g/mol. The molecule has 0 unspecified atom stereocenters. The number of piperidine rings is 1. The van der Waals surface area contributed by atoms with Crippen molar-refractivity contribution in [3.63, 3.8) is 0 Å². The van der Waals surface area contributed by atoms with Gasteiger partial charge in [0.1, 0.15) is 5.67 Å². The molecule has 76 valence electrons. The second-order valence-corrected chi connectivity index (χ2v) is 3.90. The van der Waals surface area contributed by atoms with E-state index in [9.17, 15) is 4.39 Å². The van der Waals surface area contributed by atoms with E-state index in [0.29, 0.717) is 12.8 Å². The maximum Gasteiger partial charge on any atom is 0.139 e. The molecule has 1 aliphatic rings. The van der Waals surface area contributed by atoms with Gasteiger partial charge in [-0.15, -0.1) is 0 Å². The summed E-state index contributed by atoms with van der Waals surface area (Å²) in [6.07, 6.45) is 2.77. The van der Waals surface area contributed by atoms with Gasteiger partial charge in [0.2, 0.25) is 0 Å². The van der Waals surface area contributed by atoms with Crippen molar-refractivity contribution in [3.8, 4) is 0 Å². The predicted molar refractivity (Wildman–Crippen MR) is 53.9 cm³/mol. The van der Waals surface area contributed by atoms with Crippen LogP contribution in [0.1, 0.15) is 24.1 Å². The average Bonchev–Trinajstić information content (AvgIpc) is 2.19. The molecule has 1 aliphatic heterocycles. The van der Waals surface area contributed by atoms with E-state index in [1.165, 1.54) is 0 Å². The zero-order valence-electron chi connectivity index (χ0n) is 8.39. The molecule has 1 fully saturated rings. The quantitative estimate of drug-likeness (QED) is 0.739. The number of alkyl halides is 1. The predicted octanol–water partition coefficient (Wildman–Crippen LogP) is 1.94. The van der Waals surface area contributed by atoms with Crippen LogP contribution in [0, 0.1) is 6.92 Å². The number of halogens is 1. The Labute approximate surface area is 83.6 Å². The van der Waals surface area contributed by atoms with Crippen LogP contribution >= 0.6 is 0 Å². The Kier molecular flexibility index (Phi) is 2.50. The van der Waals surface area contributed by atoms with Crippen LogP contribution in [0.2, 0.25) is 0 Å². The molecule has 1 N–H and O–H groups in total. The molecule has 1 aromatic rings. The first-order valence-electron chi connectivity index (χ1n) is 5.03. The molecule has 0 atom stereocenters. The highest BCUT2D eigenvalue weighted by Crippen LogP contribution is 2.34. The van der Waals surface area contributed by atoms with Crippen LogP contribution in [0.3, 0.4) is 0 Å². The van der Waals surface area contributed by atoms with Crippen molar-refractivity contribution >= 4 is 0 Å². The van der Waals surface area contributed by atoms with E-state index < -0.39 is 5.67 Å². The monoisotopic (exact) mass is 194 g/mol. The highest BCUT2D eigenvalue weighted by Gasteiger charge is 2.33. The molecule has 2 nitrogen and oxygen atoms in total. The van der Waals surface area contributed by atoms with Crippen molar-refractivity contribution in [2.45, 2.75) is 25.4 Å². The van der Waals surface area contributed by atoms with E-state index in [2.05, 4.69) is 10.3 Å². The molecule has 1 aromatic heterocycles. The van der Waals surface area contributed by atoms with Gasteiger partial charge in [0.05, 0.1) is 0 Å². The second-order valence-electron chi connectivity index (χ2n) is 3.90. The number of aromatic nitrogens is 1. The Bertz CT molecular complexity index is 302. The normalized spacial score (nSPS) is 20.7. The van der Waals surface area contributed by atoms with Gasteiger partial charge in [-0.2, -0.15) is 0 Å². The molecule has 3 heteroatoms. The molecule has 2 rings (SSSR count). The van der Waals surface area contributed by atoms with Gasteiger partial charge in [-0.1, -0.05) is 6.07 Å². The van der Waals surface area contributed by atoms with Crippen molar-refractivity contribution in [1.29, 1.82) is 0 Å². The molecule has 1 saturated heterocycles. The SMILES string of the molecule is Cc1ccc(C2(F)CCNCC2)cn1. The lowest BCUT2D eigenvalue weighted by molar-refractivity contribution is 0.115. The summed E-state index contributed by atoms with van der Waals surface area (Å²) in [5.41, 5.74) is 0.502. The number of pyridine rings is 1. The third-order valence-corrected chi connectivity index (χ3v) is 2.82. The van der Waals surface area contributed by atoms with E-state index in [4.69, 9.17) is 0 Å². The molecule has 0 aromatic carbocycles. The maximum absolute atomic E-state index is 14.4. The largest absolute Gasteiger partial charge is 0.316 e. The number of aryl methyl sites for hydroxylation is 1. The standard InChI is InChI=1S/C11H15FN2/c1-9-2-3-10(8-14-9)11(12)4-6-13-7-5-11/h2-3,8,13H,4-7H2,1H3. The molecular formula is C11H15FN2. The topological polar surface area (TPSA) is 24.9 Å². The molecule has 2 heterocycles. The van der Waals surface area contributed by atoms with Crippen molar-refractivity contribution in [3.05, 3.63) is 29.6 Å². The van der Waals surface area contributed by atoms with Crippen molar-refractivity contribution < 1.29 is 4.39 Å². The summed E-state index contributed by atoms with van der Waals surface area (Å²) in [6, 6.07) is 3.73. The number of hydrogen-bond donors (Lipinski definition) is 1. The van der Waals surface area contributed by atoms with Crippen molar-refractivity contribution in [2.24, 2.45) is 0 Å². The Morgan fingerprint density at radius 1 is 1.36 bits per heavy atom. The summed E-state index contributed by atoms with van der Waals surface area (Å²) in [6.45, 7) is 3.42. The third-order valence-electron chi connectivity index (χ3n) is 2.82. The van der Waals surface area contributed by atoms with Gasteiger partial charge in [0, 0.05) is 17.5 Å². The highest BCUT2D eigenvalue weighted by molar-refractivity contribution is 5.21. The molecule has 14 heavy (non-hydrogen) atoms. The zero-order valence-corrected chi connectivity index (χ0v) is 8.39. The summed E-state index contributed by atoms with van der Waals surface area (Å²) in [5, 5.41) is 3.16. The Morgan fingerprint density at radius 3 is 2.64 bits per heavy atom. The summed E-state index contributed by atoms with van der Waals surface area (Å²) in [7, 11) is 0. The molecule has 0 amide bonds. The Hall–Kier alpha value is -0.960. The molecule has 0 aliphatic carbocycles. The van der Waals surface area contributed by atoms with Gasteiger partial charge in [0.25, 0.3) is 0 Å². The van der Waals surface area contributed by atoms with Gasteiger partial charge >= 0.3 is 0 Å². The number of rotatable bonds is 1. The van der Waals surface area contributed by atoms with E-state index in [1.54, 1.807) is 6.20 Å². The van der Waals surface area contributed by atoms with Gasteiger partial charge in [-0.25, -0.2) is 4.39 Å². The fourth-order valence-corrected chi connectivity index (χ4v) is 1.84. The zero-order chi connectivity index (χ0) is 10.0. The summed E-state index contributed by atoms with van der Waals surface area (Å²) in [4.78, 5) is 4.14. The molecule has 0 spiro atoms. The lowest BCUT2D eigenvalue weighted by Crippen LogP contribution is -2.36. The number of nitrogens with one attached hydrogen (secondary N) is 1. The fraction of sp³-hybridized carbons (Fsp3) is 0.545. The van der Waals surface area contributed by atoms with Gasteiger partial charge in [-0.3, -0.25) is 4.98 Å². The molecule has 0 bridgehead atoms. The minimum absolute atomic E-state index is 0.553. The number of nitrogens with zero attached hydrogens (tertiary/aromatic N) is 1. The van der Waals surface area contributed by atoms with Crippen LogP contribution in [-0.4, -0.2) is 18.1 Å².